The van der Waals surface area contributed by atoms with E-state index in [-0.39, 0.29) is 11.9 Å². The van der Waals surface area contributed by atoms with Crippen LogP contribution in [-0.4, -0.2) is 38.2 Å². The molecule has 2 aromatic rings. The van der Waals surface area contributed by atoms with E-state index in [4.69, 9.17) is 16.7 Å². The molecule has 86 valence electrons. The van der Waals surface area contributed by atoms with Crippen LogP contribution in [0.3, 0.4) is 0 Å². The number of nitrogens with one attached hydrogen (secondary N) is 2. The number of aliphatic hydroxyl groups is 1. The number of nitrogens with zero attached hydrogens (tertiary/aromatic N) is 3. The van der Waals surface area contributed by atoms with Crippen molar-refractivity contribution < 1.29 is 5.11 Å². The maximum atomic E-state index is 8.66. The molecule has 0 aliphatic carbocycles. The zero-order chi connectivity index (χ0) is 11.4. The number of anilines is 1. The van der Waals surface area contributed by atoms with Crippen molar-refractivity contribution in [3.63, 3.8) is 0 Å². The van der Waals surface area contributed by atoms with E-state index in [1.807, 2.05) is 0 Å². The minimum Gasteiger partial charge on any atom is -0.396 e. The predicted molar refractivity (Wildman–Crippen MR) is 61.5 cm³/mol. The highest BCUT2D eigenvalue weighted by Gasteiger charge is 2.07. The van der Waals surface area contributed by atoms with E-state index >= 15 is 0 Å². The lowest BCUT2D eigenvalue weighted by Crippen LogP contribution is -2.05. The Hall–Kier alpha value is -1.40. The largest absolute Gasteiger partial charge is 0.396 e. The van der Waals surface area contributed by atoms with Gasteiger partial charge in [-0.2, -0.15) is 9.97 Å². The number of aliphatic hydroxyl groups excluding tert-OH is 1. The first-order valence-electron chi connectivity index (χ1n) is 5.02. The predicted octanol–water partition coefficient (Wildman–Crippen LogP) is 1.19. The van der Waals surface area contributed by atoms with Gasteiger partial charge in [0.1, 0.15) is 5.52 Å². The highest BCUT2D eigenvalue weighted by molar-refractivity contribution is 6.28. The van der Waals surface area contributed by atoms with E-state index in [9.17, 15) is 0 Å². The molecule has 0 spiro atoms. The standard InChI is InChI=1S/C9H12ClN5O/c10-9-14-7(11-3-1-2-4-16)6-8(15-9)13-5-12-6/h5,16H,1-4H2,(H2,11,12,13,14,15). The van der Waals surface area contributed by atoms with Crippen LogP contribution in [0.4, 0.5) is 5.82 Å². The molecule has 16 heavy (non-hydrogen) atoms. The van der Waals surface area contributed by atoms with E-state index in [2.05, 4.69) is 25.3 Å². The van der Waals surface area contributed by atoms with Crippen molar-refractivity contribution in [2.24, 2.45) is 0 Å². The van der Waals surface area contributed by atoms with E-state index in [0.717, 1.165) is 24.9 Å². The SMILES string of the molecule is OCCCCNc1nc(Cl)nc2nc[nH]c12. The van der Waals surface area contributed by atoms with Gasteiger partial charge in [0.25, 0.3) is 0 Å². The first-order valence-corrected chi connectivity index (χ1v) is 5.40. The van der Waals surface area contributed by atoms with Crippen molar-refractivity contribution >= 4 is 28.6 Å². The minimum atomic E-state index is 0.171. The van der Waals surface area contributed by atoms with Crippen LogP contribution in [0.2, 0.25) is 5.28 Å². The molecule has 2 rings (SSSR count). The summed E-state index contributed by atoms with van der Waals surface area (Å²) in [6, 6.07) is 0. The Morgan fingerprint density at radius 1 is 1.38 bits per heavy atom. The molecule has 0 aromatic carbocycles. The average Bonchev–Trinajstić information content (AvgIpc) is 2.72. The molecule has 0 radical (unpaired) electrons. The summed E-state index contributed by atoms with van der Waals surface area (Å²) < 4.78 is 0. The van der Waals surface area contributed by atoms with Gasteiger partial charge in [-0.1, -0.05) is 0 Å². The van der Waals surface area contributed by atoms with Gasteiger partial charge in [0.05, 0.1) is 6.33 Å². The van der Waals surface area contributed by atoms with Crippen LogP contribution in [-0.2, 0) is 0 Å². The number of aromatic amines is 1. The molecule has 0 aliphatic heterocycles. The van der Waals surface area contributed by atoms with Gasteiger partial charge in [-0.3, -0.25) is 0 Å². The zero-order valence-corrected chi connectivity index (χ0v) is 9.33. The minimum absolute atomic E-state index is 0.171. The molecule has 7 heteroatoms. The Bertz CT molecular complexity index is 472. The first kappa shape index (κ1) is 11.1. The van der Waals surface area contributed by atoms with E-state index < -0.39 is 0 Å². The normalized spacial score (nSPS) is 10.9. The van der Waals surface area contributed by atoms with Crippen molar-refractivity contribution in [3.05, 3.63) is 11.6 Å². The highest BCUT2D eigenvalue weighted by atomic mass is 35.5. The Kier molecular flexibility index (Phi) is 3.53. The quantitative estimate of drug-likeness (QED) is 0.541. The Labute approximate surface area is 97.1 Å². The Morgan fingerprint density at radius 2 is 2.25 bits per heavy atom. The van der Waals surface area contributed by atoms with E-state index in [0.29, 0.717) is 11.5 Å². The summed E-state index contributed by atoms with van der Waals surface area (Å²) in [5, 5.41) is 12.0. The van der Waals surface area contributed by atoms with Gasteiger partial charge in [-0.25, -0.2) is 4.98 Å². The third-order valence-corrected chi connectivity index (χ3v) is 2.30. The topological polar surface area (TPSA) is 86.7 Å². The summed E-state index contributed by atoms with van der Waals surface area (Å²) in [5.41, 5.74) is 1.29. The van der Waals surface area contributed by atoms with Gasteiger partial charge in [0, 0.05) is 13.2 Å². The molecule has 0 saturated carbocycles. The Balaban J connectivity index is 2.12. The van der Waals surface area contributed by atoms with Crippen molar-refractivity contribution in [2.75, 3.05) is 18.5 Å². The number of rotatable bonds is 5. The molecule has 3 N–H and O–H groups in total. The summed E-state index contributed by atoms with van der Waals surface area (Å²) >= 11 is 5.76. The Morgan fingerprint density at radius 3 is 3.06 bits per heavy atom. The summed E-state index contributed by atoms with van der Waals surface area (Å²) in [6.45, 7) is 0.924. The van der Waals surface area contributed by atoms with Gasteiger partial charge in [0.15, 0.2) is 11.5 Å². The van der Waals surface area contributed by atoms with Crippen LogP contribution in [0, 0.1) is 0 Å². The summed E-state index contributed by atoms with van der Waals surface area (Å²) in [7, 11) is 0. The van der Waals surface area contributed by atoms with Crippen LogP contribution in [0.1, 0.15) is 12.8 Å². The lowest BCUT2D eigenvalue weighted by Gasteiger charge is -2.05. The van der Waals surface area contributed by atoms with Gasteiger partial charge in [0.2, 0.25) is 5.28 Å². The number of hydrogen-bond donors (Lipinski definition) is 3. The number of unbranched alkanes of at least 4 members (excludes halogenated alkanes) is 1. The third-order valence-electron chi connectivity index (χ3n) is 2.14. The molecule has 0 saturated heterocycles. The maximum Gasteiger partial charge on any atom is 0.226 e. The van der Waals surface area contributed by atoms with Crippen LogP contribution < -0.4 is 5.32 Å². The second-order valence-corrected chi connectivity index (χ2v) is 3.64. The number of fused-ring (bicyclic) bond motifs is 1. The van der Waals surface area contributed by atoms with Crippen molar-refractivity contribution in [1.82, 2.24) is 19.9 Å². The smallest absolute Gasteiger partial charge is 0.226 e. The fourth-order valence-corrected chi connectivity index (χ4v) is 1.54. The van der Waals surface area contributed by atoms with Gasteiger partial charge in [-0.05, 0) is 24.4 Å². The molecular weight excluding hydrogens is 230 g/mol. The van der Waals surface area contributed by atoms with Crippen molar-refractivity contribution in [3.8, 4) is 0 Å². The molecule has 0 unspecified atom stereocenters. The van der Waals surface area contributed by atoms with Crippen molar-refractivity contribution in [1.29, 1.82) is 0 Å². The average molecular weight is 242 g/mol. The summed E-state index contributed by atoms with van der Waals surface area (Å²) in [4.78, 5) is 15.0. The van der Waals surface area contributed by atoms with Crippen LogP contribution in [0.25, 0.3) is 11.2 Å². The van der Waals surface area contributed by atoms with Gasteiger partial charge < -0.3 is 15.4 Å². The highest BCUT2D eigenvalue weighted by Crippen LogP contribution is 2.18. The van der Waals surface area contributed by atoms with Gasteiger partial charge >= 0.3 is 0 Å². The molecule has 0 atom stereocenters. The molecule has 2 aromatic heterocycles. The fourth-order valence-electron chi connectivity index (χ4n) is 1.38. The number of halogens is 1. The number of imidazole rings is 1. The second-order valence-electron chi connectivity index (χ2n) is 3.30. The summed E-state index contributed by atoms with van der Waals surface area (Å²) in [6.07, 6.45) is 3.18. The number of H-pyrrole nitrogens is 1. The first-order chi connectivity index (χ1) is 7.81. The zero-order valence-electron chi connectivity index (χ0n) is 8.57. The molecule has 0 amide bonds. The lowest BCUT2D eigenvalue weighted by atomic mass is 10.3. The molecular formula is C9H12ClN5O. The van der Waals surface area contributed by atoms with Gasteiger partial charge in [-0.15, -0.1) is 0 Å². The van der Waals surface area contributed by atoms with Crippen LogP contribution >= 0.6 is 11.6 Å². The van der Waals surface area contributed by atoms with E-state index in [1.165, 1.54) is 0 Å². The molecule has 0 fully saturated rings. The third kappa shape index (κ3) is 2.40. The van der Waals surface area contributed by atoms with E-state index in [1.54, 1.807) is 6.33 Å². The van der Waals surface area contributed by atoms with Crippen LogP contribution in [0.15, 0.2) is 6.33 Å². The monoisotopic (exact) mass is 241 g/mol. The fraction of sp³-hybridized carbons (Fsp3) is 0.444. The molecule has 0 bridgehead atoms. The summed E-state index contributed by atoms with van der Waals surface area (Å²) in [5.74, 6) is 0.644. The number of hydrogen-bond acceptors (Lipinski definition) is 5. The second kappa shape index (κ2) is 5.09. The molecule has 0 aliphatic rings. The molecule has 6 nitrogen and oxygen atoms in total. The van der Waals surface area contributed by atoms with Crippen molar-refractivity contribution in [2.45, 2.75) is 12.8 Å². The molecule has 2 heterocycles. The number of aromatic nitrogens is 4. The van der Waals surface area contributed by atoms with Crippen LogP contribution in [0.5, 0.6) is 0 Å². The maximum absolute atomic E-state index is 8.66. The lowest BCUT2D eigenvalue weighted by molar-refractivity contribution is 0.286.